The quantitative estimate of drug-likeness (QED) is 0.497. The molecule has 1 saturated carbocycles. The molecule has 2 aromatic carbocycles. The van der Waals surface area contributed by atoms with E-state index in [1.54, 1.807) is 0 Å². The minimum absolute atomic E-state index is 0.0530. The van der Waals surface area contributed by atoms with Crippen LogP contribution >= 0.6 is 0 Å². The molecule has 8 nitrogen and oxygen atoms in total. The van der Waals surface area contributed by atoms with Gasteiger partial charge >= 0.3 is 11.9 Å². The lowest BCUT2D eigenvalue weighted by molar-refractivity contribution is -0.198. The topological polar surface area (TPSA) is 105 Å². The van der Waals surface area contributed by atoms with Crippen LogP contribution in [0.15, 0.2) is 83.8 Å². The van der Waals surface area contributed by atoms with E-state index < -0.39 is 47.6 Å². The highest BCUT2D eigenvalue weighted by molar-refractivity contribution is 6.00. The maximum absolute atomic E-state index is 14.8. The molecule has 0 aromatic heterocycles. The lowest BCUT2D eigenvalue weighted by Gasteiger charge is -2.63. The first-order valence-electron chi connectivity index (χ1n) is 14.8. The van der Waals surface area contributed by atoms with Crippen molar-refractivity contribution >= 4 is 23.5 Å². The van der Waals surface area contributed by atoms with E-state index in [0.29, 0.717) is 17.1 Å². The van der Waals surface area contributed by atoms with Gasteiger partial charge in [0.2, 0.25) is 0 Å². The van der Waals surface area contributed by atoms with Crippen LogP contribution in [0.3, 0.4) is 0 Å². The van der Waals surface area contributed by atoms with Crippen LogP contribution in [0.2, 0.25) is 0 Å². The van der Waals surface area contributed by atoms with Gasteiger partial charge in [0.15, 0.2) is 11.6 Å². The summed E-state index contributed by atoms with van der Waals surface area (Å²) in [6.07, 6.45) is 0.251. The Bertz CT molecular complexity index is 1630. The van der Waals surface area contributed by atoms with Crippen LogP contribution in [-0.4, -0.2) is 35.7 Å². The molecule has 3 saturated heterocycles. The molecule has 1 spiro atoms. The van der Waals surface area contributed by atoms with Gasteiger partial charge in [0, 0.05) is 41.6 Å². The average Bonchev–Trinajstić information content (AvgIpc) is 3.60. The molecule has 4 aliphatic carbocycles. The number of hydrogen-bond donors (Lipinski definition) is 0. The summed E-state index contributed by atoms with van der Waals surface area (Å²) in [7, 11) is 0. The zero-order valence-electron chi connectivity index (χ0n) is 22.6. The van der Waals surface area contributed by atoms with Gasteiger partial charge in [-0.15, -0.1) is 0 Å². The van der Waals surface area contributed by atoms with E-state index in [4.69, 9.17) is 18.9 Å². The zero-order chi connectivity index (χ0) is 28.3. The van der Waals surface area contributed by atoms with E-state index >= 15 is 0 Å². The number of carbonyl (C=O) groups is 4. The lowest BCUT2D eigenvalue weighted by atomic mass is 9.41. The van der Waals surface area contributed by atoms with Gasteiger partial charge in [0.25, 0.3) is 0 Å². The molecule has 2 aromatic rings. The van der Waals surface area contributed by atoms with Crippen molar-refractivity contribution in [3.8, 4) is 0 Å². The number of rotatable bonds is 2. The summed E-state index contributed by atoms with van der Waals surface area (Å²) < 4.78 is 25.4. The van der Waals surface area contributed by atoms with Crippen molar-refractivity contribution < 1.29 is 38.1 Å². The summed E-state index contributed by atoms with van der Waals surface area (Å²) >= 11 is 0. The summed E-state index contributed by atoms with van der Waals surface area (Å²) in [6.45, 7) is 0. The third-order valence-corrected chi connectivity index (χ3v) is 10.8. The van der Waals surface area contributed by atoms with Gasteiger partial charge in [0.05, 0.1) is 19.3 Å². The van der Waals surface area contributed by atoms with E-state index in [1.165, 1.54) is 0 Å². The minimum Gasteiger partial charge on any atom is -0.489 e. The molecule has 2 unspecified atom stereocenters. The van der Waals surface area contributed by atoms with Gasteiger partial charge in [-0.2, -0.15) is 0 Å². The van der Waals surface area contributed by atoms with Crippen LogP contribution in [0.4, 0.5) is 0 Å². The van der Waals surface area contributed by atoms with Gasteiger partial charge in [-0.05, 0) is 17.2 Å². The molecule has 10 rings (SSSR count). The number of fused-ring (bicyclic) bond motifs is 2. The molecule has 4 aliphatic heterocycles. The summed E-state index contributed by atoms with van der Waals surface area (Å²) in [5, 5.41) is 0. The average molecular weight is 565 g/mol. The normalized spacial score (nSPS) is 40.9. The maximum Gasteiger partial charge on any atom is 0.306 e. The highest BCUT2D eigenvalue weighted by Crippen LogP contribution is 2.71. The Labute approximate surface area is 241 Å². The summed E-state index contributed by atoms with van der Waals surface area (Å²) in [4.78, 5) is 54.4. The van der Waals surface area contributed by atoms with E-state index in [-0.39, 0.29) is 61.0 Å². The summed E-state index contributed by atoms with van der Waals surface area (Å²) in [5.41, 5.74) is 0.981. The number of ketones is 2. The van der Waals surface area contributed by atoms with Crippen molar-refractivity contribution in [2.45, 2.75) is 50.1 Å². The molecule has 0 N–H and O–H groups in total. The van der Waals surface area contributed by atoms with Crippen molar-refractivity contribution in [2.24, 2.45) is 35.0 Å². The predicted molar refractivity (Wildman–Crippen MR) is 144 cm³/mol. The lowest BCUT2D eigenvalue weighted by Crippen LogP contribution is -2.68. The van der Waals surface area contributed by atoms with Crippen molar-refractivity contribution in [3.05, 3.63) is 95.0 Å². The highest BCUT2D eigenvalue weighted by atomic mass is 16.6. The van der Waals surface area contributed by atoms with Crippen LogP contribution in [-0.2, 0) is 38.1 Å². The number of hydrogen-bond acceptors (Lipinski definition) is 8. The number of ether oxygens (including phenoxy) is 4. The van der Waals surface area contributed by atoms with Crippen molar-refractivity contribution in [3.63, 3.8) is 0 Å². The molecule has 0 radical (unpaired) electrons. The first kappa shape index (κ1) is 24.4. The highest BCUT2D eigenvalue weighted by Gasteiger charge is 2.77. The fourth-order valence-corrected chi connectivity index (χ4v) is 9.35. The second-order valence-corrected chi connectivity index (χ2v) is 12.6. The molecule has 2 bridgehead atoms. The summed E-state index contributed by atoms with van der Waals surface area (Å²) in [5.74, 6) is -2.11. The number of Topliss-reactive ketones (excluding diaryl/α,β-unsaturated/α-hetero) is 2. The van der Waals surface area contributed by atoms with Gasteiger partial charge in [-0.3, -0.25) is 19.2 Å². The zero-order valence-corrected chi connectivity index (χ0v) is 22.6. The van der Waals surface area contributed by atoms with Gasteiger partial charge in [0.1, 0.15) is 41.3 Å². The van der Waals surface area contributed by atoms with Crippen LogP contribution in [0.5, 0.6) is 0 Å². The Kier molecular flexibility index (Phi) is 4.90. The predicted octanol–water partition coefficient (Wildman–Crippen LogP) is 4.33. The second-order valence-electron chi connectivity index (χ2n) is 12.6. The van der Waals surface area contributed by atoms with Gasteiger partial charge in [-0.1, -0.05) is 60.7 Å². The van der Waals surface area contributed by atoms with Crippen LogP contribution in [0, 0.1) is 35.0 Å². The van der Waals surface area contributed by atoms with Crippen LogP contribution < -0.4 is 0 Å². The Balaban J connectivity index is 1.25. The number of esters is 2. The van der Waals surface area contributed by atoms with E-state index in [2.05, 4.69) is 0 Å². The second kappa shape index (κ2) is 8.43. The molecular formula is C34H28O8. The Hall–Kier alpha value is -4.20. The van der Waals surface area contributed by atoms with Crippen molar-refractivity contribution in [1.29, 1.82) is 0 Å². The first-order chi connectivity index (χ1) is 20.4. The van der Waals surface area contributed by atoms with E-state index in [9.17, 15) is 19.2 Å². The van der Waals surface area contributed by atoms with Crippen molar-refractivity contribution in [2.75, 3.05) is 0 Å². The molecule has 0 amide bonds. The summed E-state index contributed by atoms with van der Waals surface area (Å²) in [6, 6.07) is 19.3. The standard InChI is InChI=1S/C34H28O8/c35-21-14-22(16-7-3-1-4-8-16)40-33-28(21)19-12-26(37)42-32(19)29-18-11-25-34(30(29)33,20-13-27(38)41-31(18)20)24(36)15-23(39-25)17-9-5-2-6-10-17/h1-11,18-20,22-23,29-32H,12-15H2/t18?,19?,20-,22-,23-,29+,30-,31+,32-,34-/m0/s1. The molecule has 8 aliphatic rings. The van der Waals surface area contributed by atoms with Gasteiger partial charge in [-0.25, -0.2) is 0 Å². The van der Waals surface area contributed by atoms with E-state index in [1.807, 2.05) is 66.7 Å². The SMILES string of the molecule is O=C1C[C@H]2[C@H](O1)C1C=C3O[C@H](c4ccccc4)CC(=O)[C@]32[C@@H]2C3=C(C(=O)C[C@@H](c4ccccc4)O3)C3CC(=O)O[C@@H]3[C@H]12. The number of benzene rings is 2. The van der Waals surface area contributed by atoms with Gasteiger partial charge < -0.3 is 18.9 Å². The molecule has 4 heterocycles. The number of allylic oxidation sites excluding steroid dienone is 2. The largest absolute Gasteiger partial charge is 0.489 e. The first-order valence-corrected chi connectivity index (χ1v) is 14.8. The maximum atomic E-state index is 14.8. The van der Waals surface area contributed by atoms with Crippen LogP contribution in [0.25, 0.3) is 0 Å². The Morgan fingerprint density at radius 2 is 1.31 bits per heavy atom. The molecule has 4 fully saturated rings. The van der Waals surface area contributed by atoms with Crippen LogP contribution in [0.1, 0.15) is 49.0 Å². The third kappa shape index (κ3) is 3.02. The molecule has 10 atom stereocenters. The third-order valence-electron chi connectivity index (χ3n) is 10.8. The smallest absolute Gasteiger partial charge is 0.306 e. The molecule has 42 heavy (non-hydrogen) atoms. The van der Waals surface area contributed by atoms with Crippen molar-refractivity contribution in [1.82, 2.24) is 0 Å². The minimum atomic E-state index is -1.26. The molecular weight excluding hydrogens is 536 g/mol. The fourth-order valence-electron chi connectivity index (χ4n) is 9.35. The number of carbonyl (C=O) groups excluding carboxylic acids is 4. The monoisotopic (exact) mass is 564 g/mol. The Morgan fingerprint density at radius 3 is 2.02 bits per heavy atom. The fraction of sp³-hybridized carbons (Fsp3) is 0.412. The van der Waals surface area contributed by atoms with E-state index in [0.717, 1.165) is 11.1 Å². The molecule has 212 valence electrons. The molecule has 8 heteroatoms. The Morgan fingerprint density at radius 1 is 0.667 bits per heavy atom.